The summed E-state index contributed by atoms with van der Waals surface area (Å²) < 4.78 is 51.9. The lowest BCUT2D eigenvalue weighted by molar-refractivity contribution is -0.140. The Morgan fingerprint density at radius 3 is 2.33 bits per heavy atom. The molecule has 0 aliphatic carbocycles. The average Bonchev–Trinajstić information content (AvgIpc) is 3.30. The number of imidazole rings is 1. The van der Waals surface area contributed by atoms with E-state index in [0.717, 1.165) is 6.20 Å². The Hall–Kier alpha value is -3.87. The molecule has 1 aromatic carbocycles. The van der Waals surface area contributed by atoms with E-state index < -0.39 is 29.5 Å². The van der Waals surface area contributed by atoms with Crippen molar-refractivity contribution in [1.29, 1.82) is 0 Å². The van der Waals surface area contributed by atoms with Gasteiger partial charge in [-0.05, 0) is 58.7 Å². The molecule has 0 unspecified atom stereocenters. The number of benzene rings is 1. The van der Waals surface area contributed by atoms with E-state index in [1.165, 1.54) is 15.8 Å². The highest BCUT2D eigenvalue weighted by molar-refractivity contribution is 6.28. The second-order valence-electron chi connectivity index (χ2n) is 9.94. The summed E-state index contributed by atoms with van der Waals surface area (Å²) in [5.74, 6) is -0.621. The van der Waals surface area contributed by atoms with Crippen molar-refractivity contribution in [1.82, 2.24) is 24.9 Å². The first-order chi connectivity index (χ1) is 18.6. The van der Waals surface area contributed by atoms with Gasteiger partial charge in [0.15, 0.2) is 11.5 Å². The lowest BCUT2D eigenvalue weighted by Gasteiger charge is -2.28. The van der Waals surface area contributed by atoms with Crippen molar-refractivity contribution in [3.63, 3.8) is 0 Å². The highest BCUT2D eigenvalue weighted by Gasteiger charge is 2.35. The monoisotopic (exact) mass is 582 g/mol. The maximum atomic E-state index is 13.3. The molecule has 3 aromatic rings. The maximum absolute atomic E-state index is 13.3. The van der Waals surface area contributed by atoms with E-state index in [0.29, 0.717) is 11.1 Å². The van der Waals surface area contributed by atoms with Gasteiger partial charge in [0.1, 0.15) is 17.0 Å². The zero-order valence-electron chi connectivity index (χ0n) is 22.8. The molecule has 0 saturated carbocycles. The smallest absolute Gasteiger partial charge is 0.434 e. The predicted octanol–water partition coefficient (Wildman–Crippen LogP) is 6.22. The van der Waals surface area contributed by atoms with Crippen LogP contribution in [-0.4, -0.2) is 43.8 Å². The summed E-state index contributed by atoms with van der Waals surface area (Å²) in [6.45, 7) is 10.3. The van der Waals surface area contributed by atoms with Gasteiger partial charge < -0.3 is 14.0 Å². The number of alkyl halides is 3. The molecule has 0 spiro atoms. The molecule has 2 aromatic heterocycles. The van der Waals surface area contributed by atoms with E-state index in [2.05, 4.69) is 20.4 Å². The molecule has 2 heterocycles. The van der Waals surface area contributed by atoms with Gasteiger partial charge >= 0.3 is 18.2 Å². The lowest BCUT2D eigenvalue weighted by atomic mass is 10.1. The maximum Gasteiger partial charge on any atom is 0.434 e. The number of rotatable bonds is 8. The van der Waals surface area contributed by atoms with E-state index in [-0.39, 0.29) is 41.7 Å². The molecule has 1 amide bonds. The molecule has 0 atom stereocenters. The molecular formula is C26H30ClF3N6O4. The SMILES string of the molecule is CCOC(=O)c1cnc(Cl)nc1N(Cc1ccc(-c2nc(C(F)(F)F)cn2C(C)C)cc1)NC(=O)OC(C)(C)C. The molecule has 0 aliphatic rings. The molecule has 1 N–H and O–H groups in total. The topological polar surface area (TPSA) is 111 Å². The van der Waals surface area contributed by atoms with Crippen molar-refractivity contribution in [2.45, 2.75) is 65.9 Å². The fourth-order valence-electron chi connectivity index (χ4n) is 3.57. The van der Waals surface area contributed by atoms with Crippen molar-refractivity contribution in [2.75, 3.05) is 11.6 Å². The van der Waals surface area contributed by atoms with Crippen molar-refractivity contribution < 1.29 is 32.2 Å². The fourth-order valence-corrected chi connectivity index (χ4v) is 3.70. The number of carbonyl (C=O) groups excluding carboxylic acids is 2. The van der Waals surface area contributed by atoms with Gasteiger partial charge in [-0.15, -0.1) is 0 Å². The second-order valence-corrected chi connectivity index (χ2v) is 10.3. The van der Waals surface area contributed by atoms with E-state index in [9.17, 15) is 22.8 Å². The number of carbonyl (C=O) groups is 2. The summed E-state index contributed by atoms with van der Waals surface area (Å²) >= 11 is 6.02. The van der Waals surface area contributed by atoms with E-state index >= 15 is 0 Å². The van der Waals surface area contributed by atoms with Gasteiger partial charge in [0, 0.05) is 24.0 Å². The normalized spacial score (nSPS) is 11.9. The molecule has 10 nitrogen and oxygen atoms in total. The van der Waals surface area contributed by atoms with Gasteiger partial charge in [0.2, 0.25) is 5.28 Å². The predicted molar refractivity (Wildman–Crippen MR) is 142 cm³/mol. The number of amides is 1. The third-order valence-electron chi connectivity index (χ3n) is 5.25. The van der Waals surface area contributed by atoms with Crippen LogP contribution in [0.5, 0.6) is 0 Å². The van der Waals surface area contributed by atoms with Gasteiger partial charge in [0.25, 0.3) is 0 Å². The Morgan fingerprint density at radius 1 is 1.12 bits per heavy atom. The van der Waals surface area contributed by atoms with Gasteiger partial charge in [-0.2, -0.15) is 18.2 Å². The van der Waals surface area contributed by atoms with Crippen LogP contribution in [0.25, 0.3) is 11.4 Å². The van der Waals surface area contributed by atoms with Crippen LogP contribution in [0.15, 0.2) is 36.7 Å². The molecule has 14 heteroatoms. The zero-order valence-corrected chi connectivity index (χ0v) is 23.6. The molecular weight excluding hydrogens is 553 g/mol. The number of hydrogen-bond donors (Lipinski definition) is 1. The van der Waals surface area contributed by atoms with Crippen molar-refractivity contribution in [2.24, 2.45) is 0 Å². The van der Waals surface area contributed by atoms with Crippen LogP contribution in [0.3, 0.4) is 0 Å². The van der Waals surface area contributed by atoms with Crippen molar-refractivity contribution in [3.05, 3.63) is 58.8 Å². The Balaban J connectivity index is 1.99. The highest BCUT2D eigenvalue weighted by Crippen LogP contribution is 2.33. The summed E-state index contributed by atoms with van der Waals surface area (Å²) in [5, 5.41) is 1.06. The molecule has 40 heavy (non-hydrogen) atoms. The molecule has 0 fully saturated rings. The average molecular weight is 583 g/mol. The van der Waals surface area contributed by atoms with Crippen LogP contribution in [0.2, 0.25) is 5.28 Å². The van der Waals surface area contributed by atoms with Gasteiger partial charge in [-0.25, -0.2) is 25.0 Å². The Morgan fingerprint density at radius 2 is 1.77 bits per heavy atom. The van der Waals surface area contributed by atoms with Crippen LogP contribution in [0, 0.1) is 0 Å². The minimum Gasteiger partial charge on any atom is -0.462 e. The third-order valence-corrected chi connectivity index (χ3v) is 5.43. The van der Waals surface area contributed by atoms with Gasteiger partial charge in [-0.1, -0.05) is 24.3 Å². The summed E-state index contributed by atoms with van der Waals surface area (Å²) in [6, 6.07) is 6.26. The second kappa shape index (κ2) is 12.1. The van der Waals surface area contributed by atoms with E-state index in [4.69, 9.17) is 21.1 Å². The van der Waals surface area contributed by atoms with Crippen LogP contribution in [0.4, 0.5) is 23.8 Å². The Kier molecular flexibility index (Phi) is 9.28. The molecule has 0 aliphatic heterocycles. The highest BCUT2D eigenvalue weighted by atomic mass is 35.5. The molecule has 3 rings (SSSR count). The summed E-state index contributed by atoms with van der Waals surface area (Å²) in [5.41, 5.74) is 1.76. The number of esters is 1. The number of ether oxygens (including phenoxy) is 2. The Bertz CT molecular complexity index is 1350. The Labute approximate surface area is 234 Å². The minimum atomic E-state index is -4.59. The molecule has 0 saturated heterocycles. The van der Waals surface area contributed by atoms with E-state index in [1.807, 2.05) is 0 Å². The third kappa shape index (κ3) is 7.84. The van der Waals surface area contributed by atoms with E-state index in [1.54, 1.807) is 65.8 Å². The lowest BCUT2D eigenvalue weighted by Crippen LogP contribution is -2.45. The molecule has 0 bridgehead atoms. The number of halogens is 4. The number of hydrogen-bond acceptors (Lipinski definition) is 8. The summed E-state index contributed by atoms with van der Waals surface area (Å²) in [4.78, 5) is 37.1. The van der Waals surface area contributed by atoms with Crippen LogP contribution in [0.1, 0.15) is 69.2 Å². The van der Waals surface area contributed by atoms with Crippen LogP contribution in [-0.2, 0) is 22.2 Å². The minimum absolute atomic E-state index is 0.0360. The first kappa shape index (κ1) is 30.7. The van der Waals surface area contributed by atoms with Gasteiger partial charge in [0.05, 0.1) is 13.2 Å². The first-order valence-corrected chi connectivity index (χ1v) is 12.7. The van der Waals surface area contributed by atoms with Crippen molar-refractivity contribution in [3.8, 4) is 11.4 Å². The van der Waals surface area contributed by atoms with Gasteiger partial charge in [-0.3, -0.25) is 5.01 Å². The molecule has 0 radical (unpaired) electrons. The largest absolute Gasteiger partial charge is 0.462 e. The number of hydrazine groups is 1. The number of anilines is 1. The molecule has 216 valence electrons. The van der Waals surface area contributed by atoms with Crippen molar-refractivity contribution >= 4 is 29.5 Å². The first-order valence-electron chi connectivity index (χ1n) is 12.3. The summed E-state index contributed by atoms with van der Waals surface area (Å²) in [6.07, 6.45) is -3.25. The number of nitrogens with one attached hydrogen (secondary N) is 1. The summed E-state index contributed by atoms with van der Waals surface area (Å²) in [7, 11) is 0. The number of nitrogens with zero attached hydrogens (tertiary/aromatic N) is 5. The quantitative estimate of drug-likeness (QED) is 0.189. The number of aromatic nitrogens is 4. The zero-order chi connectivity index (χ0) is 29.8. The van der Waals surface area contributed by atoms with Crippen LogP contribution >= 0.6 is 11.6 Å². The fraction of sp³-hybridized carbons (Fsp3) is 0.423. The standard InChI is InChI=1S/C26H30ClF3N6O4/c1-7-39-22(37)18-12-31-23(27)33-21(18)36(34-24(38)40-25(4,5)6)13-16-8-10-17(11-9-16)20-32-19(26(28,29)30)14-35(20)15(2)3/h8-12,14-15H,7,13H2,1-6H3,(H,34,38). The van der Waals surface area contributed by atoms with Crippen LogP contribution < -0.4 is 10.4 Å².